The molecule has 0 aromatic carbocycles. The monoisotopic (exact) mass is 237 g/mol. The van der Waals surface area contributed by atoms with Crippen LogP contribution in [0.4, 0.5) is 5.82 Å². The van der Waals surface area contributed by atoms with Gasteiger partial charge in [0.1, 0.15) is 11.6 Å². The number of ether oxygens (including phenoxy) is 1. The molecule has 0 fully saturated rings. The lowest BCUT2D eigenvalue weighted by atomic mass is 10.1. The first-order valence-electron chi connectivity index (χ1n) is 6.34. The van der Waals surface area contributed by atoms with Crippen molar-refractivity contribution in [3.05, 3.63) is 11.9 Å². The highest BCUT2D eigenvalue weighted by Gasteiger charge is 2.04. The van der Waals surface area contributed by atoms with Gasteiger partial charge in [0.25, 0.3) is 0 Å². The molecule has 4 nitrogen and oxygen atoms in total. The fourth-order valence-corrected chi connectivity index (χ4v) is 1.41. The van der Waals surface area contributed by atoms with Gasteiger partial charge in [-0.1, -0.05) is 20.8 Å². The van der Waals surface area contributed by atoms with E-state index in [1.165, 1.54) is 0 Å². The Balaban J connectivity index is 2.66. The number of aromatic nitrogens is 2. The molecule has 0 aliphatic rings. The van der Waals surface area contributed by atoms with Crippen LogP contribution in [0.25, 0.3) is 0 Å². The Hall–Kier alpha value is -1.32. The van der Waals surface area contributed by atoms with E-state index in [0.717, 1.165) is 30.9 Å². The highest BCUT2D eigenvalue weighted by Crippen LogP contribution is 2.14. The minimum absolute atomic E-state index is 0.649. The number of rotatable bonds is 7. The molecule has 1 heterocycles. The number of nitrogens with one attached hydrogen (secondary N) is 1. The van der Waals surface area contributed by atoms with Gasteiger partial charge >= 0.3 is 0 Å². The van der Waals surface area contributed by atoms with Crippen LogP contribution in [0.2, 0.25) is 0 Å². The predicted molar refractivity (Wildman–Crippen MR) is 70.5 cm³/mol. The van der Waals surface area contributed by atoms with Gasteiger partial charge in [0, 0.05) is 19.5 Å². The zero-order valence-electron chi connectivity index (χ0n) is 11.3. The van der Waals surface area contributed by atoms with E-state index in [1.807, 2.05) is 13.1 Å². The summed E-state index contributed by atoms with van der Waals surface area (Å²) in [6, 6.07) is 1.85. The molecular weight excluding hydrogens is 214 g/mol. The molecule has 0 amide bonds. The molecule has 0 spiro atoms. The Kier molecular flexibility index (Phi) is 5.73. The fraction of sp³-hybridized carbons (Fsp3) is 0.692. The quantitative estimate of drug-likeness (QED) is 0.792. The molecule has 17 heavy (non-hydrogen) atoms. The average molecular weight is 237 g/mol. The molecule has 4 heteroatoms. The van der Waals surface area contributed by atoms with Crippen LogP contribution in [0, 0.1) is 5.92 Å². The summed E-state index contributed by atoms with van der Waals surface area (Å²) in [7, 11) is 1.86. The summed E-state index contributed by atoms with van der Waals surface area (Å²) >= 11 is 0. The van der Waals surface area contributed by atoms with Gasteiger partial charge in [0.2, 0.25) is 5.88 Å². The Bertz CT molecular complexity index is 339. The number of hydrogen-bond donors (Lipinski definition) is 1. The molecule has 1 rings (SSSR count). The van der Waals surface area contributed by atoms with E-state index in [2.05, 4.69) is 36.1 Å². The number of nitrogens with zero attached hydrogens (tertiary/aromatic N) is 2. The molecule has 1 aromatic heterocycles. The fourth-order valence-electron chi connectivity index (χ4n) is 1.41. The van der Waals surface area contributed by atoms with Gasteiger partial charge in [-0.15, -0.1) is 0 Å². The van der Waals surface area contributed by atoms with Crippen LogP contribution in [-0.4, -0.2) is 23.6 Å². The van der Waals surface area contributed by atoms with Crippen LogP contribution in [0.5, 0.6) is 5.88 Å². The summed E-state index contributed by atoms with van der Waals surface area (Å²) in [5.74, 6) is 2.99. The number of anilines is 1. The van der Waals surface area contributed by atoms with Crippen molar-refractivity contribution in [2.24, 2.45) is 5.92 Å². The largest absolute Gasteiger partial charge is 0.478 e. The van der Waals surface area contributed by atoms with E-state index in [4.69, 9.17) is 4.74 Å². The van der Waals surface area contributed by atoms with Crippen LogP contribution < -0.4 is 10.1 Å². The van der Waals surface area contributed by atoms with Crippen molar-refractivity contribution in [3.63, 3.8) is 0 Å². The van der Waals surface area contributed by atoms with Crippen LogP contribution >= 0.6 is 0 Å². The third kappa shape index (κ3) is 5.02. The first-order valence-corrected chi connectivity index (χ1v) is 6.34. The zero-order valence-corrected chi connectivity index (χ0v) is 11.3. The highest BCUT2D eigenvalue weighted by atomic mass is 16.5. The van der Waals surface area contributed by atoms with Gasteiger partial charge in [-0.3, -0.25) is 0 Å². The first-order chi connectivity index (χ1) is 8.15. The molecule has 0 aliphatic carbocycles. The van der Waals surface area contributed by atoms with Crippen LogP contribution in [0.15, 0.2) is 6.07 Å². The van der Waals surface area contributed by atoms with Crippen molar-refractivity contribution in [1.82, 2.24) is 9.97 Å². The Morgan fingerprint density at radius 2 is 2.12 bits per heavy atom. The van der Waals surface area contributed by atoms with E-state index in [9.17, 15) is 0 Å². The lowest BCUT2D eigenvalue weighted by molar-refractivity contribution is 0.278. The smallest absolute Gasteiger partial charge is 0.218 e. The van der Waals surface area contributed by atoms with Gasteiger partial charge in [0.15, 0.2) is 0 Å². The second kappa shape index (κ2) is 7.09. The standard InChI is InChI=1S/C13H23N3O/c1-5-6-11-15-12(14-4)9-13(16-11)17-8-7-10(2)3/h9-10H,5-8H2,1-4H3,(H,14,15,16). The minimum atomic E-state index is 0.649. The molecule has 0 aliphatic heterocycles. The van der Waals surface area contributed by atoms with Crippen molar-refractivity contribution in [2.45, 2.75) is 40.0 Å². The molecule has 0 saturated heterocycles. The second-order valence-electron chi connectivity index (χ2n) is 4.54. The summed E-state index contributed by atoms with van der Waals surface area (Å²) in [5.41, 5.74) is 0. The van der Waals surface area contributed by atoms with Crippen LogP contribution in [0.3, 0.4) is 0 Å². The molecule has 0 unspecified atom stereocenters. The highest BCUT2D eigenvalue weighted by molar-refractivity contribution is 5.37. The maximum absolute atomic E-state index is 5.66. The second-order valence-corrected chi connectivity index (χ2v) is 4.54. The lowest BCUT2D eigenvalue weighted by Gasteiger charge is -2.10. The van der Waals surface area contributed by atoms with Gasteiger partial charge in [0.05, 0.1) is 6.61 Å². The van der Waals surface area contributed by atoms with Crippen molar-refractivity contribution < 1.29 is 4.74 Å². The molecule has 0 saturated carbocycles. The predicted octanol–water partition coefficient (Wildman–Crippen LogP) is 2.90. The molecule has 1 aromatic rings. The van der Waals surface area contributed by atoms with Crippen LogP contribution in [-0.2, 0) is 6.42 Å². The summed E-state index contributed by atoms with van der Waals surface area (Å²) in [6.45, 7) is 7.20. The number of hydrogen-bond acceptors (Lipinski definition) is 4. The van der Waals surface area contributed by atoms with Gasteiger partial charge in [-0.05, 0) is 18.8 Å². The molecular formula is C13H23N3O. The van der Waals surface area contributed by atoms with Gasteiger partial charge in [-0.2, -0.15) is 4.98 Å². The average Bonchev–Trinajstić information content (AvgIpc) is 2.28. The summed E-state index contributed by atoms with van der Waals surface area (Å²) < 4.78 is 5.66. The minimum Gasteiger partial charge on any atom is -0.478 e. The number of aryl methyl sites for hydroxylation is 1. The van der Waals surface area contributed by atoms with E-state index in [1.54, 1.807) is 0 Å². The van der Waals surface area contributed by atoms with Crippen molar-refractivity contribution >= 4 is 5.82 Å². The topological polar surface area (TPSA) is 47.0 Å². The van der Waals surface area contributed by atoms with E-state index < -0.39 is 0 Å². The Morgan fingerprint density at radius 1 is 1.35 bits per heavy atom. The third-order valence-electron chi connectivity index (χ3n) is 2.42. The molecule has 96 valence electrons. The third-order valence-corrected chi connectivity index (χ3v) is 2.42. The van der Waals surface area contributed by atoms with Gasteiger partial charge < -0.3 is 10.1 Å². The first kappa shape index (κ1) is 13.7. The van der Waals surface area contributed by atoms with Crippen LogP contribution in [0.1, 0.15) is 39.4 Å². The molecule has 1 N–H and O–H groups in total. The maximum Gasteiger partial charge on any atom is 0.218 e. The molecule has 0 bridgehead atoms. The van der Waals surface area contributed by atoms with E-state index in [0.29, 0.717) is 18.4 Å². The van der Waals surface area contributed by atoms with E-state index in [-0.39, 0.29) is 0 Å². The molecule has 0 atom stereocenters. The summed E-state index contributed by atoms with van der Waals surface area (Å²) in [5, 5.41) is 3.03. The Morgan fingerprint density at radius 3 is 2.71 bits per heavy atom. The summed E-state index contributed by atoms with van der Waals surface area (Å²) in [6.07, 6.45) is 2.97. The summed E-state index contributed by atoms with van der Waals surface area (Å²) in [4.78, 5) is 8.78. The SMILES string of the molecule is CCCc1nc(NC)cc(OCCC(C)C)n1. The van der Waals surface area contributed by atoms with Crippen molar-refractivity contribution in [3.8, 4) is 5.88 Å². The Labute approximate surface area is 104 Å². The van der Waals surface area contributed by atoms with Gasteiger partial charge in [-0.25, -0.2) is 4.98 Å². The van der Waals surface area contributed by atoms with Crippen molar-refractivity contribution in [1.29, 1.82) is 0 Å². The van der Waals surface area contributed by atoms with Crippen molar-refractivity contribution in [2.75, 3.05) is 19.0 Å². The van der Waals surface area contributed by atoms with E-state index >= 15 is 0 Å². The zero-order chi connectivity index (χ0) is 12.7. The normalized spacial score (nSPS) is 10.6. The molecule has 0 radical (unpaired) electrons. The maximum atomic E-state index is 5.66. The lowest BCUT2D eigenvalue weighted by Crippen LogP contribution is -2.06.